The van der Waals surface area contributed by atoms with Crippen LogP contribution in [-0.4, -0.2) is 52.7 Å². The second-order valence-corrected chi connectivity index (χ2v) is 11.2. The van der Waals surface area contributed by atoms with Crippen LogP contribution in [0.25, 0.3) is 0 Å². The number of piperidine rings is 1. The molecule has 0 saturated carbocycles. The summed E-state index contributed by atoms with van der Waals surface area (Å²) < 4.78 is 28.4. The lowest BCUT2D eigenvalue weighted by Crippen LogP contribution is -2.42. The summed E-state index contributed by atoms with van der Waals surface area (Å²) in [7, 11) is -1.99. The van der Waals surface area contributed by atoms with E-state index in [1.165, 1.54) is 21.3 Å². The summed E-state index contributed by atoms with van der Waals surface area (Å²) in [5.41, 5.74) is 0.367. The molecule has 1 fully saturated rings. The maximum absolute atomic E-state index is 12.8. The molecule has 0 unspecified atom stereocenters. The number of rotatable bonds is 5. The van der Waals surface area contributed by atoms with E-state index in [0.29, 0.717) is 36.5 Å². The lowest BCUT2D eigenvalue weighted by molar-refractivity contribution is 0.0703. The Hall–Kier alpha value is -2.35. The van der Waals surface area contributed by atoms with Crippen molar-refractivity contribution in [3.63, 3.8) is 0 Å². The molecule has 2 aromatic heterocycles. The van der Waals surface area contributed by atoms with Crippen LogP contribution in [0, 0.1) is 17.3 Å². The van der Waals surface area contributed by atoms with E-state index in [2.05, 4.69) is 22.3 Å². The number of aromatic carboxylic acids is 1. The highest BCUT2D eigenvalue weighted by molar-refractivity contribution is 7.89. The molecule has 0 spiro atoms. The standard InChI is InChI=1S/C20H26N4O4S2/c1-20(2,3)9-5-15-13-16(18(29-15)19(25)26)22-14-7-11-24(12-8-14)30(27,28)17-6-10-21-23(17)4/h6,10,13-14,22H,7-8,11-12H2,1-4H3,(H,25,26). The quantitative estimate of drug-likeness (QED) is 0.679. The molecular weight excluding hydrogens is 424 g/mol. The second-order valence-electron chi connectivity index (χ2n) is 8.27. The fourth-order valence-electron chi connectivity index (χ4n) is 3.18. The van der Waals surface area contributed by atoms with Crippen LogP contribution in [-0.2, 0) is 17.1 Å². The predicted molar refractivity (Wildman–Crippen MR) is 116 cm³/mol. The van der Waals surface area contributed by atoms with Gasteiger partial charge in [-0.3, -0.25) is 4.68 Å². The summed E-state index contributed by atoms with van der Waals surface area (Å²) in [6.45, 7) is 6.71. The van der Waals surface area contributed by atoms with Gasteiger partial charge in [0.2, 0.25) is 0 Å². The Bertz CT molecular complexity index is 1090. The van der Waals surface area contributed by atoms with Gasteiger partial charge in [0.05, 0.1) is 16.8 Å². The van der Waals surface area contributed by atoms with Gasteiger partial charge in [-0.25, -0.2) is 13.2 Å². The minimum absolute atomic E-state index is 0.0147. The number of anilines is 1. The number of hydrogen-bond acceptors (Lipinski definition) is 6. The fourth-order valence-corrected chi connectivity index (χ4v) is 5.56. The van der Waals surface area contributed by atoms with E-state index < -0.39 is 16.0 Å². The first-order chi connectivity index (χ1) is 14.0. The molecule has 3 heterocycles. The van der Waals surface area contributed by atoms with Crippen molar-refractivity contribution in [1.82, 2.24) is 14.1 Å². The maximum Gasteiger partial charge on any atom is 0.348 e. The van der Waals surface area contributed by atoms with Crippen LogP contribution < -0.4 is 5.32 Å². The van der Waals surface area contributed by atoms with Crippen LogP contribution in [0.2, 0.25) is 0 Å². The van der Waals surface area contributed by atoms with E-state index in [0.717, 1.165) is 11.3 Å². The fraction of sp³-hybridized carbons (Fsp3) is 0.500. The summed E-state index contributed by atoms with van der Waals surface area (Å²) in [5.74, 6) is 5.18. The number of sulfonamides is 1. The molecule has 2 N–H and O–H groups in total. The third kappa shape index (κ3) is 5.03. The van der Waals surface area contributed by atoms with Crippen LogP contribution in [0.15, 0.2) is 23.4 Å². The monoisotopic (exact) mass is 450 g/mol. The average Bonchev–Trinajstić information content (AvgIpc) is 3.26. The van der Waals surface area contributed by atoms with Gasteiger partial charge in [-0.2, -0.15) is 9.40 Å². The van der Waals surface area contributed by atoms with Gasteiger partial charge in [-0.05, 0) is 45.7 Å². The van der Waals surface area contributed by atoms with Gasteiger partial charge in [0.1, 0.15) is 4.88 Å². The molecule has 0 amide bonds. The molecule has 3 rings (SSSR count). The number of aryl methyl sites for hydroxylation is 1. The number of hydrogen-bond donors (Lipinski definition) is 2. The highest BCUT2D eigenvalue weighted by atomic mass is 32.2. The number of carboxylic acid groups (broad SMARTS) is 1. The Morgan fingerprint density at radius 1 is 1.33 bits per heavy atom. The predicted octanol–water partition coefficient (Wildman–Crippen LogP) is 2.84. The first-order valence-electron chi connectivity index (χ1n) is 9.62. The smallest absolute Gasteiger partial charge is 0.348 e. The van der Waals surface area contributed by atoms with Gasteiger partial charge in [0, 0.05) is 31.6 Å². The van der Waals surface area contributed by atoms with Gasteiger partial charge in [0.25, 0.3) is 10.0 Å². The second kappa shape index (κ2) is 8.41. The van der Waals surface area contributed by atoms with E-state index in [1.807, 2.05) is 20.8 Å². The van der Waals surface area contributed by atoms with Crippen LogP contribution in [0.5, 0.6) is 0 Å². The Labute approximate surface area is 180 Å². The summed E-state index contributed by atoms with van der Waals surface area (Å²) >= 11 is 1.15. The largest absolute Gasteiger partial charge is 0.477 e. The van der Waals surface area contributed by atoms with Crippen molar-refractivity contribution in [2.75, 3.05) is 18.4 Å². The first-order valence-corrected chi connectivity index (χ1v) is 11.9. The highest BCUT2D eigenvalue weighted by Gasteiger charge is 2.31. The minimum atomic E-state index is -3.59. The van der Waals surface area contributed by atoms with Gasteiger partial charge in [-0.15, -0.1) is 11.3 Å². The Kier molecular flexibility index (Phi) is 6.26. The maximum atomic E-state index is 12.8. The van der Waals surface area contributed by atoms with Gasteiger partial charge in [0.15, 0.2) is 5.03 Å². The van der Waals surface area contributed by atoms with E-state index in [4.69, 9.17) is 0 Å². The number of nitrogens with zero attached hydrogens (tertiary/aromatic N) is 3. The molecule has 0 atom stereocenters. The number of thiophene rings is 1. The van der Waals surface area contributed by atoms with E-state index >= 15 is 0 Å². The number of nitrogens with one attached hydrogen (secondary N) is 1. The Balaban J connectivity index is 1.70. The summed E-state index contributed by atoms with van der Waals surface area (Å²) in [6.07, 6.45) is 2.62. The number of carboxylic acids is 1. The van der Waals surface area contributed by atoms with Crippen molar-refractivity contribution < 1.29 is 18.3 Å². The molecule has 10 heteroatoms. The van der Waals surface area contributed by atoms with Crippen LogP contribution in [0.4, 0.5) is 5.69 Å². The van der Waals surface area contributed by atoms with E-state index in [1.54, 1.807) is 13.1 Å². The summed E-state index contributed by atoms with van der Waals surface area (Å²) in [4.78, 5) is 12.6. The zero-order chi connectivity index (χ0) is 22.1. The minimum Gasteiger partial charge on any atom is -0.477 e. The van der Waals surface area contributed by atoms with Crippen molar-refractivity contribution in [2.24, 2.45) is 12.5 Å². The Morgan fingerprint density at radius 3 is 2.53 bits per heavy atom. The Morgan fingerprint density at radius 2 is 2.00 bits per heavy atom. The normalized spacial score (nSPS) is 16.1. The summed E-state index contributed by atoms with van der Waals surface area (Å²) in [5, 5.41) is 16.9. The first kappa shape index (κ1) is 22.3. The number of carbonyl (C=O) groups is 1. The third-order valence-electron chi connectivity index (χ3n) is 4.68. The third-order valence-corrected chi connectivity index (χ3v) is 7.69. The molecule has 0 aromatic carbocycles. The van der Waals surface area contributed by atoms with E-state index in [-0.39, 0.29) is 21.4 Å². The SMILES string of the molecule is Cn1nccc1S(=O)(=O)N1CCC(Nc2cc(C#CC(C)(C)C)sc2C(=O)O)CC1. The molecule has 2 aromatic rings. The summed E-state index contributed by atoms with van der Waals surface area (Å²) in [6, 6.07) is 3.25. The molecule has 30 heavy (non-hydrogen) atoms. The number of aromatic nitrogens is 2. The lowest BCUT2D eigenvalue weighted by Gasteiger charge is -2.31. The van der Waals surface area contributed by atoms with Crippen molar-refractivity contribution in [3.8, 4) is 11.8 Å². The molecule has 1 aliphatic rings. The molecule has 1 saturated heterocycles. The highest BCUT2D eigenvalue weighted by Crippen LogP contribution is 2.30. The van der Waals surface area contributed by atoms with E-state index in [9.17, 15) is 18.3 Å². The van der Waals surface area contributed by atoms with Crippen LogP contribution in [0.3, 0.4) is 0 Å². The van der Waals surface area contributed by atoms with Crippen molar-refractivity contribution >= 4 is 33.0 Å². The topological polar surface area (TPSA) is 105 Å². The van der Waals surface area contributed by atoms with Gasteiger partial charge >= 0.3 is 5.97 Å². The van der Waals surface area contributed by atoms with Gasteiger partial charge in [-0.1, -0.05) is 11.8 Å². The zero-order valence-corrected chi connectivity index (χ0v) is 19.1. The van der Waals surface area contributed by atoms with Crippen molar-refractivity contribution in [2.45, 2.75) is 44.7 Å². The zero-order valence-electron chi connectivity index (χ0n) is 17.5. The molecular formula is C20H26N4O4S2. The molecule has 0 bridgehead atoms. The molecule has 1 aliphatic heterocycles. The lowest BCUT2D eigenvalue weighted by atomic mass is 9.98. The van der Waals surface area contributed by atoms with Crippen molar-refractivity contribution in [1.29, 1.82) is 0 Å². The molecule has 0 radical (unpaired) electrons. The molecule has 0 aliphatic carbocycles. The van der Waals surface area contributed by atoms with Gasteiger partial charge < -0.3 is 10.4 Å². The van der Waals surface area contributed by atoms with Crippen LogP contribution >= 0.6 is 11.3 Å². The van der Waals surface area contributed by atoms with Crippen molar-refractivity contribution in [3.05, 3.63) is 28.1 Å². The van der Waals surface area contributed by atoms with Crippen LogP contribution in [0.1, 0.15) is 48.2 Å². The molecule has 8 nitrogen and oxygen atoms in total. The average molecular weight is 451 g/mol. The molecule has 162 valence electrons.